The van der Waals surface area contributed by atoms with E-state index in [1.165, 1.54) is 12.1 Å². The van der Waals surface area contributed by atoms with Gasteiger partial charge in [0.2, 0.25) is 0 Å². The topological polar surface area (TPSA) is 95.3 Å². The van der Waals surface area contributed by atoms with Crippen molar-refractivity contribution >= 4 is 17.3 Å². The molecule has 4 rings (SSSR count). The largest absolute Gasteiger partial charge is 0.545 e. The number of hydrogen-bond acceptors (Lipinski definition) is 5. The number of carbonyl (C=O) groups excluding carboxylic acids is 1. The number of nitrogens with zero attached hydrogens (tertiary/aromatic N) is 1. The smallest absolute Gasteiger partial charge is 0.275 e. The standard InChI is InChI=1S/C19H16N2O4/c22-19(23)14-9-10-15(21(24)25)16-12-7-4-8-13(12)17(20-18(14)16)11-5-2-1-3-6-11/h1-7,9-10,12-13,17,20H,8H2,(H,22,23)/p-1/t12-,13-,17-/m0/s1. The SMILES string of the molecule is O=C([O-])c1ccc([N+](=O)[O-])c2c1N[C@@H](c1ccccc1)[C@H]1CC=C[C@H]21. The number of fused-ring (bicyclic) bond motifs is 3. The van der Waals surface area contributed by atoms with Gasteiger partial charge in [0.25, 0.3) is 5.69 Å². The molecule has 6 nitrogen and oxygen atoms in total. The van der Waals surface area contributed by atoms with Crippen molar-refractivity contribution in [3.05, 3.63) is 81.4 Å². The quantitative estimate of drug-likeness (QED) is 0.529. The number of allylic oxidation sites excluding steroid dienone is 2. The molecule has 6 heteroatoms. The predicted octanol–water partition coefficient (Wildman–Crippen LogP) is 2.78. The Kier molecular flexibility index (Phi) is 3.53. The summed E-state index contributed by atoms with van der Waals surface area (Å²) in [6.07, 6.45) is 4.74. The van der Waals surface area contributed by atoms with Gasteiger partial charge < -0.3 is 15.2 Å². The summed E-state index contributed by atoms with van der Waals surface area (Å²) in [5.74, 6) is -1.43. The maximum atomic E-state index is 11.6. The summed E-state index contributed by atoms with van der Waals surface area (Å²) >= 11 is 0. The molecule has 0 aromatic heterocycles. The van der Waals surface area contributed by atoms with Crippen molar-refractivity contribution in [1.29, 1.82) is 0 Å². The Hall–Kier alpha value is -3.15. The van der Waals surface area contributed by atoms with Crippen molar-refractivity contribution in [2.75, 3.05) is 5.32 Å². The lowest BCUT2D eigenvalue weighted by Gasteiger charge is -2.38. The van der Waals surface area contributed by atoms with E-state index in [1.54, 1.807) is 0 Å². The van der Waals surface area contributed by atoms with Crippen LogP contribution in [0.2, 0.25) is 0 Å². The van der Waals surface area contributed by atoms with Crippen molar-refractivity contribution < 1.29 is 14.8 Å². The number of carboxylic acid groups (broad SMARTS) is 1. The van der Waals surface area contributed by atoms with Gasteiger partial charge in [-0.15, -0.1) is 0 Å². The van der Waals surface area contributed by atoms with Gasteiger partial charge in [-0.3, -0.25) is 10.1 Å². The Morgan fingerprint density at radius 1 is 1.16 bits per heavy atom. The van der Waals surface area contributed by atoms with E-state index in [0.717, 1.165) is 12.0 Å². The van der Waals surface area contributed by atoms with Crippen LogP contribution in [0.15, 0.2) is 54.6 Å². The highest BCUT2D eigenvalue weighted by Crippen LogP contribution is 2.53. The lowest BCUT2D eigenvalue weighted by molar-refractivity contribution is -0.385. The lowest BCUT2D eigenvalue weighted by atomic mass is 9.75. The molecule has 0 amide bonds. The molecule has 1 heterocycles. The van der Waals surface area contributed by atoms with Gasteiger partial charge in [-0.25, -0.2) is 0 Å². The fraction of sp³-hybridized carbons (Fsp3) is 0.211. The maximum absolute atomic E-state index is 11.6. The average Bonchev–Trinajstić information content (AvgIpc) is 3.10. The second-order valence-electron chi connectivity index (χ2n) is 6.35. The number of nitro benzene ring substituents is 1. The third kappa shape index (κ3) is 2.38. The number of nitro groups is 1. The van der Waals surface area contributed by atoms with Gasteiger partial charge in [0.1, 0.15) is 0 Å². The van der Waals surface area contributed by atoms with Crippen LogP contribution in [0.3, 0.4) is 0 Å². The number of rotatable bonds is 3. The zero-order valence-electron chi connectivity index (χ0n) is 13.2. The van der Waals surface area contributed by atoms with Crippen LogP contribution in [0.1, 0.15) is 39.9 Å². The van der Waals surface area contributed by atoms with Crippen LogP contribution in [0.5, 0.6) is 0 Å². The summed E-state index contributed by atoms with van der Waals surface area (Å²) in [5, 5.41) is 26.3. The van der Waals surface area contributed by atoms with Crippen molar-refractivity contribution in [3.8, 4) is 0 Å². The van der Waals surface area contributed by atoms with Crippen LogP contribution in [0.25, 0.3) is 0 Å². The fourth-order valence-corrected chi connectivity index (χ4v) is 4.01. The number of hydrogen-bond donors (Lipinski definition) is 1. The number of benzene rings is 2. The first kappa shape index (κ1) is 15.4. The molecular weight excluding hydrogens is 320 g/mol. The predicted molar refractivity (Wildman–Crippen MR) is 90.2 cm³/mol. The number of carbonyl (C=O) groups is 1. The normalized spacial score (nSPS) is 23.4. The van der Waals surface area contributed by atoms with E-state index < -0.39 is 10.9 Å². The van der Waals surface area contributed by atoms with Gasteiger partial charge >= 0.3 is 0 Å². The van der Waals surface area contributed by atoms with Crippen molar-refractivity contribution in [3.63, 3.8) is 0 Å². The van der Waals surface area contributed by atoms with E-state index in [9.17, 15) is 20.0 Å². The summed E-state index contributed by atoms with van der Waals surface area (Å²) in [6, 6.07) is 12.1. The summed E-state index contributed by atoms with van der Waals surface area (Å²) in [6.45, 7) is 0. The van der Waals surface area contributed by atoms with Crippen LogP contribution in [-0.4, -0.2) is 10.9 Å². The lowest BCUT2D eigenvalue weighted by Crippen LogP contribution is -2.33. The van der Waals surface area contributed by atoms with Gasteiger partial charge in [0.05, 0.1) is 28.2 Å². The van der Waals surface area contributed by atoms with Gasteiger partial charge in [-0.05, 0) is 24.0 Å². The molecule has 0 unspecified atom stereocenters. The molecule has 2 aromatic carbocycles. The highest BCUT2D eigenvalue weighted by molar-refractivity contribution is 5.95. The van der Waals surface area contributed by atoms with Crippen LogP contribution < -0.4 is 10.4 Å². The molecule has 0 saturated heterocycles. The molecule has 0 radical (unpaired) electrons. The first-order valence-corrected chi connectivity index (χ1v) is 8.08. The molecule has 0 bridgehead atoms. The van der Waals surface area contributed by atoms with E-state index in [-0.39, 0.29) is 29.1 Å². The summed E-state index contributed by atoms with van der Waals surface area (Å²) < 4.78 is 0. The summed E-state index contributed by atoms with van der Waals surface area (Å²) in [5.41, 5.74) is 1.68. The van der Waals surface area contributed by atoms with Crippen molar-refractivity contribution in [1.82, 2.24) is 0 Å². The zero-order chi connectivity index (χ0) is 17.6. The van der Waals surface area contributed by atoms with E-state index in [2.05, 4.69) is 5.32 Å². The van der Waals surface area contributed by atoms with E-state index in [1.807, 2.05) is 42.5 Å². The van der Waals surface area contributed by atoms with Crippen molar-refractivity contribution in [2.45, 2.75) is 18.4 Å². The third-order valence-corrected chi connectivity index (χ3v) is 5.07. The van der Waals surface area contributed by atoms with E-state index >= 15 is 0 Å². The minimum Gasteiger partial charge on any atom is -0.545 e. The molecule has 0 spiro atoms. The molecule has 3 atom stereocenters. The van der Waals surface area contributed by atoms with Gasteiger partial charge in [0.15, 0.2) is 0 Å². The molecule has 1 aliphatic carbocycles. The third-order valence-electron chi connectivity index (χ3n) is 5.07. The first-order chi connectivity index (χ1) is 12.1. The highest BCUT2D eigenvalue weighted by Gasteiger charge is 2.42. The molecule has 1 N–H and O–H groups in total. The number of anilines is 1. The van der Waals surface area contributed by atoms with Gasteiger partial charge in [0, 0.05) is 17.5 Å². The summed E-state index contributed by atoms with van der Waals surface area (Å²) in [7, 11) is 0. The Bertz CT molecular complexity index is 892. The second kappa shape index (κ2) is 5.73. The minimum absolute atomic E-state index is 0.0414. The highest BCUT2D eigenvalue weighted by atomic mass is 16.6. The van der Waals surface area contributed by atoms with Gasteiger partial charge in [-0.1, -0.05) is 42.5 Å². The second-order valence-corrected chi connectivity index (χ2v) is 6.35. The number of nitrogens with one attached hydrogen (secondary N) is 1. The van der Waals surface area contributed by atoms with Crippen LogP contribution >= 0.6 is 0 Å². The summed E-state index contributed by atoms with van der Waals surface area (Å²) in [4.78, 5) is 22.6. The number of aromatic carboxylic acids is 1. The Morgan fingerprint density at radius 3 is 2.60 bits per heavy atom. The first-order valence-electron chi connectivity index (χ1n) is 8.08. The zero-order valence-corrected chi connectivity index (χ0v) is 13.2. The number of carboxylic acids is 1. The Balaban J connectivity index is 1.93. The van der Waals surface area contributed by atoms with Gasteiger partial charge in [-0.2, -0.15) is 0 Å². The molecular formula is C19H15N2O4-. The van der Waals surface area contributed by atoms with E-state index in [0.29, 0.717) is 11.3 Å². The van der Waals surface area contributed by atoms with Crippen LogP contribution in [0.4, 0.5) is 11.4 Å². The maximum Gasteiger partial charge on any atom is 0.275 e. The monoisotopic (exact) mass is 335 g/mol. The molecule has 25 heavy (non-hydrogen) atoms. The van der Waals surface area contributed by atoms with E-state index in [4.69, 9.17) is 0 Å². The van der Waals surface area contributed by atoms with Crippen LogP contribution in [-0.2, 0) is 0 Å². The minimum atomic E-state index is -1.34. The molecule has 2 aliphatic rings. The Morgan fingerprint density at radius 2 is 1.92 bits per heavy atom. The molecule has 2 aromatic rings. The molecule has 0 fully saturated rings. The Labute approximate surface area is 144 Å². The molecule has 1 aliphatic heterocycles. The fourth-order valence-electron chi connectivity index (χ4n) is 4.01. The van der Waals surface area contributed by atoms with Crippen molar-refractivity contribution in [2.24, 2.45) is 5.92 Å². The average molecular weight is 335 g/mol. The molecule has 0 saturated carbocycles. The molecule has 126 valence electrons. The van der Waals surface area contributed by atoms with Crippen LogP contribution in [0, 0.1) is 16.0 Å².